The maximum absolute atomic E-state index is 13.2. The Kier molecular flexibility index (Phi) is 6.44. The Hall–Kier alpha value is -3.43. The molecule has 3 heterocycles. The van der Waals surface area contributed by atoms with Crippen LogP contribution in [0.5, 0.6) is 5.75 Å². The molecule has 0 saturated carbocycles. The number of methoxy groups -OCH3 is 2. The van der Waals surface area contributed by atoms with Crippen LogP contribution in [0, 0.1) is 0 Å². The van der Waals surface area contributed by atoms with Crippen molar-refractivity contribution in [1.29, 1.82) is 0 Å². The zero-order valence-electron chi connectivity index (χ0n) is 21.1. The van der Waals surface area contributed by atoms with Crippen LogP contribution >= 0.6 is 0 Å². The van der Waals surface area contributed by atoms with E-state index >= 15 is 0 Å². The van der Waals surface area contributed by atoms with Crippen LogP contribution in [0.25, 0.3) is 33.5 Å². The van der Waals surface area contributed by atoms with Gasteiger partial charge in [0.15, 0.2) is 5.82 Å². The van der Waals surface area contributed by atoms with Crippen molar-refractivity contribution in [3.05, 3.63) is 47.5 Å². The van der Waals surface area contributed by atoms with E-state index in [1.165, 1.54) is 0 Å². The van der Waals surface area contributed by atoms with Crippen LogP contribution in [0.4, 0.5) is 4.39 Å². The van der Waals surface area contributed by atoms with Crippen LogP contribution in [-0.4, -0.2) is 71.1 Å². The Labute approximate surface area is 209 Å². The highest BCUT2D eigenvalue weighted by Gasteiger charge is 2.28. The van der Waals surface area contributed by atoms with Gasteiger partial charge in [0.05, 0.1) is 41.5 Å². The van der Waals surface area contributed by atoms with Crippen molar-refractivity contribution < 1.29 is 18.7 Å². The van der Waals surface area contributed by atoms with Gasteiger partial charge >= 0.3 is 0 Å². The van der Waals surface area contributed by atoms with Gasteiger partial charge in [-0.25, -0.2) is 9.37 Å². The van der Waals surface area contributed by atoms with E-state index in [0.29, 0.717) is 25.1 Å². The van der Waals surface area contributed by atoms with E-state index in [-0.39, 0.29) is 18.6 Å². The predicted molar refractivity (Wildman–Crippen MR) is 138 cm³/mol. The molecule has 1 aliphatic heterocycles. The Morgan fingerprint density at radius 2 is 2.00 bits per heavy atom. The smallest absolute Gasteiger partial charge is 0.254 e. The molecule has 2 aromatic heterocycles. The number of para-hydroxylation sites is 1. The standard InChI is InChI=1S/C27H32FN5O3/c1-16(35-3)14-33-23(11-18-6-5-7-24(36-4)25(18)33)26-30-21-12-20-17(10-22(21)31(26)2)8-9-32(27(20)34)15-19(29)13-28/h5-7,10-12,16,19H,8-9,13-15,29H2,1-4H3/t16?,19-/m1/s1. The lowest BCUT2D eigenvalue weighted by atomic mass is 9.97. The molecule has 4 aromatic rings. The molecule has 0 radical (unpaired) electrons. The Morgan fingerprint density at radius 3 is 2.72 bits per heavy atom. The minimum absolute atomic E-state index is 0.0226. The van der Waals surface area contributed by atoms with Gasteiger partial charge < -0.3 is 29.2 Å². The van der Waals surface area contributed by atoms with E-state index in [9.17, 15) is 9.18 Å². The molecule has 190 valence electrons. The first-order chi connectivity index (χ1) is 17.4. The van der Waals surface area contributed by atoms with Crippen molar-refractivity contribution in [3.8, 4) is 17.3 Å². The number of rotatable bonds is 8. The first-order valence-electron chi connectivity index (χ1n) is 12.2. The molecule has 1 amide bonds. The van der Waals surface area contributed by atoms with Gasteiger partial charge in [0.25, 0.3) is 5.91 Å². The largest absolute Gasteiger partial charge is 0.495 e. The zero-order chi connectivity index (χ0) is 25.6. The lowest BCUT2D eigenvalue weighted by Crippen LogP contribution is -2.45. The summed E-state index contributed by atoms with van der Waals surface area (Å²) in [5.74, 6) is 1.45. The van der Waals surface area contributed by atoms with Gasteiger partial charge in [-0.2, -0.15) is 0 Å². The molecule has 9 heteroatoms. The van der Waals surface area contributed by atoms with Crippen LogP contribution < -0.4 is 10.5 Å². The molecule has 8 nitrogen and oxygen atoms in total. The molecule has 2 aromatic carbocycles. The first kappa shape index (κ1) is 24.3. The Bertz CT molecular complexity index is 1440. The highest BCUT2D eigenvalue weighted by Crippen LogP contribution is 2.35. The molecular weight excluding hydrogens is 461 g/mol. The van der Waals surface area contributed by atoms with Crippen molar-refractivity contribution in [2.75, 3.05) is 34.0 Å². The number of benzene rings is 2. The summed E-state index contributed by atoms with van der Waals surface area (Å²) in [5.41, 5.74) is 11.0. The Balaban J connectivity index is 1.64. The third-order valence-electron chi connectivity index (χ3n) is 7.10. The number of halogens is 1. The van der Waals surface area contributed by atoms with Gasteiger partial charge in [0.1, 0.15) is 12.4 Å². The van der Waals surface area contributed by atoms with Gasteiger partial charge in [-0.05, 0) is 43.2 Å². The van der Waals surface area contributed by atoms with Crippen molar-refractivity contribution in [2.24, 2.45) is 12.8 Å². The van der Waals surface area contributed by atoms with Crippen LogP contribution in [0.15, 0.2) is 36.4 Å². The number of carbonyl (C=O) groups excluding carboxylic acids is 1. The first-order valence-corrected chi connectivity index (χ1v) is 12.2. The number of alkyl halides is 1. The van der Waals surface area contributed by atoms with E-state index in [0.717, 1.165) is 44.8 Å². The molecule has 5 rings (SSSR count). The van der Waals surface area contributed by atoms with E-state index in [2.05, 4.69) is 27.3 Å². The topological polar surface area (TPSA) is 87.5 Å². The number of ether oxygens (including phenoxy) is 2. The molecule has 0 spiro atoms. The van der Waals surface area contributed by atoms with Gasteiger partial charge in [0.2, 0.25) is 0 Å². The summed E-state index contributed by atoms with van der Waals surface area (Å²) in [6, 6.07) is 11.3. The van der Waals surface area contributed by atoms with Gasteiger partial charge in [-0.1, -0.05) is 12.1 Å². The van der Waals surface area contributed by atoms with Crippen molar-refractivity contribution in [3.63, 3.8) is 0 Å². The van der Waals surface area contributed by atoms with Crippen LogP contribution in [-0.2, 0) is 24.8 Å². The third kappa shape index (κ3) is 4.02. The second kappa shape index (κ2) is 9.55. The molecule has 0 bridgehead atoms. The summed E-state index contributed by atoms with van der Waals surface area (Å²) in [4.78, 5) is 19.8. The fraction of sp³-hybridized carbons (Fsp3) is 0.407. The number of fused-ring (bicyclic) bond motifs is 3. The minimum atomic E-state index is -0.672. The number of amides is 1. The molecule has 1 unspecified atom stereocenters. The number of nitrogens with two attached hydrogens (primary N) is 1. The minimum Gasteiger partial charge on any atom is -0.495 e. The number of imidazole rings is 1. The van der Waals surface area contributed by atoms with E-state index < -0.39 is 12.7 Å². The van der Waals surface area contributed by atoms with E-state index in [1.54, 1.807) is 19.1 Å². The number of aromatic nitrogens is 3. The zero-order valence-corrected chi connectivity index (χ0v) is 21.1. The molecule has 1 aliphatic rings. The lowest BCUT2D eigenvalue weighted by molar-refractivity contribution is 0.0725. The summed E-state index contributed by atoms with van der Waals surface area (Å²) in [5, 5.41) is 1.05. The molecule has 0 saturated heterocycles. The van der Waals surface area contributed by atoms with Crippen LogP contribution in [0.1, 0.15) is 22.8 Å². The Morgan fingerprint density at radius 1 is 1.19 bits per heavy atom. The number of hydrogen-bond donors (Lipinski definition) is 1. The quantitative estimate of drug-likeness (QED) is 0.406. The maximum Gasteiger partial charge on any atom is 0.254 e. The van der Waals surface area contributed by atoms with E-state index in [4.69, 9.17) is 20.2 Å². The van der Waals surface area contributed by atoms with Crippen LogP contribution in [0.2, 0.25) is 0 Å². The lowest BCUT2D eigenvalue weighted by Gasteiger charge is -2.30. The highest BCUT2D eigenvalue weighted by atomic mass is 19.1. The second-order valence-electron chi connectivity index (χ2n) is 9.49. The molecule has 0 fully saturated rings. The normalized spacial score (nSPS) is 15.5. The number of hydrogen-bond acceptors (Lipinski definition) is 5. The fourth-order valence-corrected chi connectivity index (χ4v) is 5.11. The second-order valence-corrected chi connectivity index (χ2v) is 9.49. The van der Waals surface area contributed by atoms with E-state index in [1.807, 2.05) is 32.2 Å². The molecule has 36 heavy (non-hydrogen) atoms. The van der Waals surface area contributed by atoms with Crippen molar-refractivity contribution in [1.82, 2.24) is 19.0 Å². The average molecular weight is 494 g/mol. The number of carbonyl (C=O) groups is 1. The fourth-order valence-electron chi connectivity index (χ4n) is 5.11. The van der Waals surface area contributed by atoms with Crippen molar-refractivity contribution >= 4 is 27.8 Å². The molecule has 2 atom stereocenters. The van der Waals surface area contributed by atoms with Crippen LogP contribution in [0.3, 0.4) is 0 Å². The van der Waals surface area contributed by atoms with Gasteiger partial charge in [-0.15, -0.1) is 0 Å². The summed E-state index contributed by atoms with van der Waals surface area (Å²) in [6.45, 7) is 2.73. The number of nitrogens with zero attached hydrogens (tertiary/aromatic N) is 4. The van der Waals surface area contributed by atoms with Gasteiger partial charge in [0, 0.05) is 44.7 Å². The maximum atomic E-state index is 13.2. The predicted octanol–water partition coefficient (Wildman–Crippen LogP) is 3.53. The number of aryl methyl sites for hydroxylation is 1. The summed E-state index contributed by atoms with van der Waals surface area (Å²) < 4.78 is 28.5. The SMILES string of the molecule is COc1cccc2cc(-c3nc4cc5c(cc4n3C)CCN(C[C@H](N)CF)C5=O)n(CC(C)OC)c12. The monoisotopic (exact) mass is 493 g/mol. The average Bonchev–Trinajstić information content (AvgIpc) is 3.41. The highest BCUT2D eigenvalue weighted by molar-refractivity contribution is 6.01. The summed E-state index contributed by atoms with van der Waals surface area (Å²) in [6.07, 6.45) is 0.671. The molecular formula is C27H32FN5O3. The molecule has 0 aliphatic carbocycles. The summed E-state index contributed by atoms with van der Waals surface area (Å²) in [7, 11) is 5.37. The summed E-state index contributed by atoms with van der Waals surface area (Å²) >= 11 is 0. The van der Waals surface area contributed by atoms with Gasteiger partial charge in [-0.3, -0.25) is 4.79 Å². The third-order valence-corrected chi connectivity index (χ3v) is 7.10. The molecule has 2 N–H and O–H groups in total. The van der Waals surface area contributed by atoms with Crippen molar-refractivity contribution in [2.45, 2.75) is 32.0 Å².